The van der Waals surface area contributed by atoms with E-state index < -0.39 is 0 Å². The van der Waals surface area contributed by atoms with Gasteiger partial charge in [0.2, 0.25) is 0 Å². The van der Waals surface area contributed by atoms with Gasteiger partial charge in [-0.3, -0.25) is 0 Å². The van der Waals surface area contributed by atoms with Gasteiger partial charge in [-0.15, -0.1) is 0 Å². The second-order valence-corrected chi connectivity index (χ2v) is 5.22. The molecule has 0 unspecified atom stereocenters. The van der Waals surface area contributed by atoms with Crippen molar-refractivity contribution in [1.29, 1.82) is 5.26 Å². The molecule has 20 heavy (non-hydrogen) atoms. The van der Waals surface area contributed by atoms with E-state index in [2.05, 4.69) is 11.1 Å². The van der Waals surface area contributed by atoms with Crippen LogP contribution < -0.4 is 0 Å². The lowest BCUT2D eigenvalue weighted by Gasteiger charge is -2.03. The minimum Gasteiger partial charge on any atom is -0.303 e. The normalized spacial score (nSPS) is 10.7. The first kappa shape index (κ1) is 12.7. The zero-order valence-corrected chi connectivity index (χ0v) is 11.9. The van der Waals surface area contributed by atoms with Crippen molar-refractivity contribution in [1.82, 2.24) is 9.38 Å². The van der Waals surface area contributed by atoms with E-state index in [4.69, 9.17) is 11.6 Å². The number of fused-ring (bicyclic) bond motifs is 1. The van der Waals surface area contributed by atoms with Crippen LogP contribution in [0.2, 0.25) is 5.02 Å². The lowest BCUT2D eigenvalue weighted by Crippen LogP contribution is -1.95. The Hall–Kier alpha value is -2.31. The molecule has 3 aromatic rings. The third-order valence-electron chi connectivity index (χ3n) is 3.38. The Balaban J connectivity index is 2.28. The number of pyridine rings is 1. The number of aromatic nitrogens is 2. The van der Waals surface area contributed by atoms with Gasteiger partial charge >= 0.3 is 0 Å². The van der Waals surface area contributed by atoms with Crippen LogP contribution in [0.25, 0.3) is 16.9 Å². The maximum absolute atomic E-state index is 9.30. The molecule has 2 aromatic heterocycles. The van der Waals surface area contributed by atoms with Crippen LogP contribution >= 0.6 is 11.6 Å². The number of hydrogen-bond acceptors (Lipinski definition) is 2. The van der Waals surface area contributed by atoms with E-state index in [1.807, 2.05) is 54.8 Å². The molecule has 98 valence electrons. The first-order chi connectivity index (χ1) is 9.60. The topological polar surface area (TPSA) is 41.1 Å². The summed E-state index contributed by atoms with van der Waals surface area (Å²) < 4.78 is 1.95. The molecule has 0 saturated heterocycles. The molecule has 0 bridgehead atoms. The molecule has 0 N–H and O–H groups in total. The molecule has 0 radical (unpaired) electrons. The smallest absolute Gasteiger partial charge is 0.155 e. The summed E-state index contributed by atoms with van der Waals surface area (Å²) in [5.74, 6) is 0. The Bertz CT molecular complexity index is 839. The van der Waals surface area contributed by atoms with E-state index in [1.54, 1.807) is 0 Å². The Morgan fingerprint density at radius 2 is 1.90 bits per heavy atom. The maximum atomic E-state index is 9.30. The highest BCUT2D eigenvalue weighted by atomic mass is 35.5. The summed E-state index contributed by atoms with van der Waals surface area (Å²) in [6.07, 6.45) is 1.95. The number of nitriles is 1. The van der Waals surface area contributed by atoms with E-state index in [9.17, 15) is 5.26 Å². The van der Waals surface area contributed by atoms with E-state index in [1.165, 1.54) is 0 Å². The van der Waals surface area contributed by atoms with Crippen molar-refractivity contribution < 1.29 is 0 Å². The molecular weight excluding hydrogens is 270 g/mol. The largest absolute Gasteiger partial charge is 0.303 e. The van der Waals surface area contributed by atoms with E-state index in [0.717, 1.165) is 22.5 Å². The number of aryl methyl sites for hydroxylation is 2. The fourth-order valence-electron chi connectivity index (χ4n) is 2.35. The van der Waals surface area contributed by atoms with Crippen LogP contribution in [-0.2, 0) is 0 Å². The van der Waals surface area contributed by atoms with Crippen LogP contribution in [0.5, 0.6) is 0 Å². The number of nitrogens with zero attached hydrogens (tertiary/aromatic N) is 3. The van der Waals surface area contributed by atoms with Gasteiger partial charge in [0.1, 0.15) is 6.07 Å². The Morgan fingerprint density at radius 3 is 2.55 bits per heavy atom. The van der Waals surface area contributed by atoms with Crippen molar-refractivity contribution in [2.45, 2.75) is 13.8 Å². The third kappa shape index (κ3) is 1.95. The molecule has 3 nitrogen and oxygen atoms in total. The molecule has 0 atom stereocenters. The molecule has 0 aliphatic heterocycles. The summed E-state index contributed by atoms with van der Waals surface area (Å²) in [6, 6.07) is 11.8. The maximum Gasteiger partial charge on any atom is 0.155 e. The highest BCUT2D eigenvalue weighted by molar-refractivity contribution is 6.30. The summed E-state index contributed by atoms with van der Waals surface area (Å²) in [5, 5.41) is 10.00. The van der Waals surface area contributed by atoms with Gasteiger partial charge in [0, 0.05) is 22.5 Å². The van der Waals surface area contributed by atoms with Crippen molar-refractivity contribution in [2.75, 3.05) is 0 Å². The zero-order valence-electron chi connectivity index (χ0n) is 11.2. The van der Waals surface area contributed by atoms with E-state index >= 15 is 0 Å². The lowest BCUT2D eigenvalue weighted by molar-refractivity contribution is 1.07. The molecular formula is C16H12ClN3. The molecule has 0 spiro atoms. The van der Waals surface area contributed by atoms with Gasteiger partial charge in [0.15, 0.2) is 5.65 Å². The number of imidazole rings is 1. The van der Waals surface area contributed by atoms with Crippen LogP contribution in [0.3, 0.4) is 0 Å². The van der Waals surface area contributed by atoms with Gasteiger partial charge in [-0.1, -0.05) is 23.7 Å². The monoisotopic (exact) mass is 281 g/mol. The van der Waals surface area contributed by atoms with Gasteiger partial charge in [-0.05, 0) is 37.6 Å². The molecule has 0 amide bonds. The highest BCUT2D eigenvalue weighted by Crippen LogP contribution is 2.24. The second-order valence-electron chi connectivity index (χ2n) is 4.78. The van der Waals surface area contributed by atoms with Crippen molar-refractivity contribution in [3.63, 3.8) is 0 Å². The number of hydrogen-bond donors (Lipinski definition) is 0. The highest BCUT2D eigenvalue weighted by Gasteiger charge is 2.12. The first-order valence-electron chi connectivity index (χ1n) is 6.25. The van der Waals surface area contributed by atoms with Crippen LogP contribution in [0.1, 0.15) is 16.8 Å². The minimum atomic E-state index is 0.621. The summed E-state index contributed by atoms with van der Waals surface area (Å²) in [7, 11) is 0. The van der Waals surface area contributed by atoms with Gasteiger partial charge in [-0.25, -0.2) is 4.98 Å². The first-order valence-corrected chi connectivity index (χ1v) is 6.63. The molecule has 0 fully saturated rings. The SMILES string of the molecule is Cc1cc(C)n2cc(-c3ccc(Cl)cc3)nc2c1C#N. The Morgan fingerprint density at radius 1 is 1.20 bits per heavy atom. The van der Waals surface area contributed by atoms with E-state index in [-0.39, 0.29) is 0 Å². The van der Waals surface area contributed by atoms with Crippen LogP contribution in [0.4, 0.5) is 0 Å². The molecule has 2 heterocycles. The standard InChI is InChI=1S/C16H12ClN3/c1-10-7-11(2)20-9-15(19-16(20)14(10)8-18)12-3-5-13(17)6-4-12/h3-7,9H,1-2H3. The predicted molar refractivity (Wildman–Crippen MR) is 79.8 cm³/mol. The fraction of sp³-hybridized carbons (Fsp3) is 0.125. The van der Waals surface area contributed by atoms with Crippen LogP contribution in [-0.4, -0.2) is 9.38 Å². The van der Waals surface area contributed by atoms with Gasteiger partial charge in [0.05, 0.1) is 11.3 Å². The van der Waals surface area contributed by atoms with Crippen molar-refractivity contribution in [3.8, 4) is 17.3 Å². The molecule has 1 aromatic carbocycles. The van der Waals surface area contributed by atoms with Crippen molar-refractivity contribution in [3.05, 3.63) is 58.4 Å². The average molecular weight is 282 g/mol. The lowest BCUT2D eigenvalue weighted by atomic mass is 10.1. The Kier molecular flexibility index (Phi) is 2.96. The predicted octanol–water partition coefficient (Wildman–Crippen LogP) is 4.14. The van der Waals surface area contributed by atoms with Crippen molar-refractivity contribution in [2.24, 2.45) is 0 Å². The molecule has 0 aliphatic carbocycles. The Labute approximate surface area is 122 Å². The van der Waals surface area contributed by atoms with E-state index in [0.29, 0.717) is 16.2 Å². The third-order valence-corrected chi connectivity index (χ3v) is 3.63. The second kappa shape index (κ2) is 4.66. The average Bonchev–Trinajstić information content (AvgIpc) is 2.85. The fourth-order valence-corrected chi connectivity index (χ4v) is 2.48. The van der Waals surface area contributed by atoms with Gasteiger partial charge in [0.25, 0.3) is 0 Å². The summed E-state index contributed by atoms with van der Waals surface area (Å²) in [4.78, 5) is 4.60. The molecule has 3 rings (SSSR count). The van der Waals surface area contributed by atoms with Crippen molar-refractivity contribution >= 4 is 17.2 Å². The number of halogens is 1. The summed E-state index contributed by atoms with van der Waals surface area (Å²) in [6.45, 7) is 3.94. The molecule has 4 heteroatoms. The molecule has 0 aliphatic rings. The number of rotatable bonds is 1. The summed E-state index contributed by atoms with van der Waals surface area (Å²) in [5.41, 5.74) is 5.16. The van der Waals surface area contributed by atoms with Gasteiger partial charge in [-0.2, -0.15) is 5.26 Å². The minimum absolute atomic E-state index is 0.621. The summed E-state index contributed by atoms with van der Waals surface area (Å²) >= 11 is 5.90. The zero-order chi connectivity index (χ0) is 14.3. The molecule has 0 saturated carbocycles. The quantitative estimate of drug-likeness (QED) is 0.672. The van der Waals surface area contributed by atoms with Gasteiger partial charge < -0.3 is 4.40 Å². The van der Waals surface area contributed by atoms with Crippen LogP contribution in [0.15, 0.2) is 36.5 Å². The van der Waals surface area contributed by atoms with Crippen LogP contribution in [0, 0.1) is 25.2 Å². The number of benzene rings is 1.